The van der Waals surface area contributed by atoms with Crippen molar-refractivity contribution >= 4 is 17.7 Å². The molecule has 2 N–H and O–H groups in total. The fourth-order valence-corrected chi connectivity index (χ4v) is 2.13. The second-order valence-electron chi connectivity index (χ2n) is 4.42. The molecule has 1 atom stereocenters. The Morgan fingerprint density at radius 2 is 2.00 bits per heavy atom. The average molecular weight is 248 g/mol. The molecule has 1 aromatic carbocycles. The Balaban J connectivity index is 1.95. The molecule has 1 unspecified atom stereocenters. The van der Waals surface area contributed by atoms with Gasteiger partial charge < -0.3 is 15.3 Å². The summed E-state index contributed by atoms with van der Waals surface area (Å²) in [6.45, 7) is 0.804. The Kier molecular flexibility index (Phi) is 3.82. The summed E-state index contributed by atoms with van der Waals surface area (Å²) in [5.74, 6) is -0.359. The van der Waals surface area contributed by atoms with Crippen LogP contribution < -0.4 is 5.32 Å². The lowest BCUT2D eigenvalue weighted by Crippen LogP contribution is -2.43. The highest BCUT2D eigenvalue weighted by molar-refractivity contribution is 5.93. The summed E-state index contributed by atoms with van der Waals surface area (Å²) >= 11 is 0. The number of likely N-dealkylation sites (tertiary alicyclic amines) is 1. The zero-order valence-corrected chi connectivity index (χ0v) is 10.0. The van der Waals surface area contributed by atoms with Crippen molar-refractivity contribution in [3.05, 3.63) is 30.3 Å². The van der Waals surface area contributed by atoms with Crippen LogP contribution in [0.25, 0.3) is 0 Å². The van der Waals surface area contributed by atoms with Crippen LogP contribution in [0, 0.1) is 5.92 Å². The van der Waals surface area contributed by atoms with Crippen molar-refractivity contribution in [2.24, 2.45) is 5.92 Å². The molecule has 1 saturated heterocycles. The third-order valence-corrected chi connectivity index (χ3v) is 3.10. The molecule has 1 aliphatic heterocycles. The summed E-state index contributed by atoms with van der Waals surface area (Å²) in [6, 6.07) is 9.20. The number of amides is 2. The second-order valence-corrected chi connectivity index (χ2v) is 4.42. The van der Waals surface area contributed by atoms with Crippen molar-refractivity contribution < 1.29 is 14.7 Å². The van der Waals surface area contributed by atoms with E-state index in [1.807, 2.05) is 30.3 Å². The average Bonchev–Trinajstić information content (AvgIpc) is 2.40. The molecule has 5 heteroatoms. The van der Waals surface area contributed by atoms with E-state index in [4.69, 9.17) is 5.11 Å². The van der Waals surface area contributed by atoms with E-state index in [-0.39, 0.29) is 18.4 Å². The Morgan fingerprint density at radius 3 is 2.67 bits per heavy atom. The van der Waals surface area contributed by atoms with Gasteiger partial charge in [0, 0.05) is 18.8 Å². The van der Waals surface area contributed by atoms with E-state index in [0.717, 1.165) is 18.5 Å². The Bertz CT molecular complexity index is 433. The number of nitrogens with one attached hydrogen (secondary N) is 1. The molecular weight excluding hydrogens is 232 g/mol. The Hall–Kier alpha value is -2.04. The van der Waals surface area contributed by atoms with Crippen LogP contribution in [0.3, 0.4) is 0 Å². The number of rotatable bonds is 2. The van der Waals surface area contributed by atoms with Gasteiger partial charge in [-0.1, -0.05) is 18.2 Å². The first kappa shape index (κ1) is 12.4. The van der Waals surface area contributed by atoms with E-state index in [9.17, 15) is 9.59 Å². The predicted octanol–water partition coefficient (Wildman–Crippen LogP) is 2.02. The lowest BCUT2D eigenvalue weighted by molar-refractivity contribution is -0.121. The third-order valence-electron chi connectivity index (χ3n) is 3.10. The van der Waals surface area contributed by atoms with Gasteiger partial charge in [-0.2, -0.15) is 0 Å². The maximum atomic E-state index is 12.0. The fourth-order valence-electron chi connectivity index (χ4n) is 2.13. The molecule has 0 spiro atoms. The minimum Gasteiger partial charge on any atom is -0.465 e. The van der Waals surface area contributed by atoms with E-state index in [1.165, 1.54) is 4.90 Å². The van der Waals surface area contributed by atoms with Gasteiger partial charge in [0.15, 0.2) is 0 Å². The van der Waals surface area contributed by atoms with Crippen LogP contribution in [-0.2, 0) is 4.79 Å². The zero-order valence-electron chi connectivity index (χ0n) is 10.0. The van der Waals surface area contributed by atoms with Crippen molar-refractivity contribution in [3.63, 3.8) is 0 Å². The van der Waals surface area contributed by atoms with Crippen LogP contribution in [0.1, 0.15) is 12.8 Å². The van der Waals surface area contributed by atoms with E-state index in [2.05, 4.69) is 5.32 Å². The lowest BCUT2D eigenvalue weighted by Gasteiger charge is -2.29. The topological polar surface area (TPSA) is 69.6 Å². The van der Waals surface area contributed by atoms with Gasteiger partial charge in [0.1, 0.15) is 0 Å². The molecule has 0 bridgehead atoms. The fraction of sp³-hybridized carbons (Fsp3) is 0.385. The molecule has 0 aromatic heterocycles. The number of carboxylic acid groups (broad SMARTS) is 1. The quantitative estimate of drug-likeness (QED) is 0.841. The van der Waals surface area contributed by atoms with E-state index in [0.29, 0.717) is 6.54 Å². The molecule has 0 saturated carbocycles. The minimum absolute atomic E-state index is 0.104. The zero-order chi connectivity index (χ0) is 13.0. The SMILES string of the molecule is O=C(Nc1ccccc1)C1CCCN(C(=O)O)C1. The molecule has 2 amide bonds. The van der Waals surface area contributed by atoms with Gasteiger partial charge in [-0.25, -0.2) is 4.79 Å². The molecular formula is C13H16N2O3. The number of nitrogens with zero attached hydrogens (tertiary/aromatic N) is 1. The van der Waals surface area contributed by atoms with Crippen molar-refractivity contribution in [2.45, 2.75) is 12.8 Å². The largest absolute Gasteiger partial charge is 0.465 e. The first-order valence-electron chi connectivity index (χ1n) is 6.00. The highest BCUT2D eigenvalue weighted by atomic mass is 16.4. The van der Waals surface area contributed by atoms with E-state index in [1.54, 1.807) is 0 Å². The number of piperidine rings is 1. The second kappa shape index (κ2) is 5.53. The molecule has 1 heterocycles. The Labute approximate surface area is 105 Å². The van der Waals surface area contributed by atoms with Crippen molar-refractivity contribution in [2.75, 3.05) is 18.4 Å². The summed E-state index contributed by atoms with van der Waals surface area (Å²) < 4.78 is 0. The molecule has 1 fully saturated rings. The lowest BCUT2D eigenvalue weighted by atomic mass is 9.97. The first-order valence-corrected chi connectivity index (χ1v) is 6.00. The molecule has 1 aromatic rings. The number of hydrogen-bond donors (Lipinski definition) is 2. The molecule has 0 aliphatic carbocycles. The number of para-hydroxylation sites is 1. The molecule has 1 aliphatic rings. The first-order chi connectivity index (χ1) is 8.66. The normalized spacial score (nSPS) is 19.3. The Morgan fingerprint density at radius 1 is 1.28 bits per heavy atom. The molecule has 0 radical (unpaired) electrons. The summed E-state index contributed by atoms with van der Waals surface area (Å²) in [5.41, 5.74) is 0.745. The number of hydrogen-bond acceptors (Lipinski definition) is 2. The van der Waals surface area contributed by atoms with Gasteiger partial charge in [-0.05, 0) is 25.0 Å². The molecule has 5 nitrogen and oxygen atoms in total. The highest BCUT2D eigenvalue weighted by Crippen LogP contribution is 2.18. The monoisotopic (exact) mass is 248 g/mol. The van der Waals surface area contributed by atoms with Gasteiger partial charge in [-0.3, -0.25) is 4.79 Å². The smallest absolute Gasteiger partial charge is 0.407 e. The van der Waals surface area contributed by atoms with E-state index >= 15 is 0 Å². The summed E-state index contributed by atoms with van der Waals surface area (Å²) in [5, 5.41) is 11.7. The summed E-state index contributed by atoms with van der Waals surface area (Å²) in [4.78, 5) is 24.2. The molecule has 2 rings (SSSR count). The van der Waals surface area contributed by atoms with Crippen LogP contribution in [-0.4, -0.2) is 35.1 Å². The van der Waals surface area contributed by atoms with Gasteiger partial charge >= 0.3 is 6.09 Å². The van der Waals surface area contributed by atoms with Gasteiger partial charge in [0.2, 0.25) is 5.91 Å². The van der Waals surface area contributed by atoms with Crippen LogP contribution in [0.2, 0.25) is 0 Å². The van der Waals surface area contributed by atoms with Crippen molar-refractivity contribution in [1.29, 1.82) is 0 Å². The van der Waals surface area contributed by atoms with Crippen LogP contribution in [0.15, 0.2) is 30.3 Å². The highest BCUT2D eigenvalue weighted by Gasteiger charge is 2.28. The third kappa shape index (κ3) is 3.00. The summed E-state index contributed by atoms with van der Waals surface area (Å²) in [6.07, 6.45) is 0.522. The van der Waals surface area contributed by atoms with Crippen molar-refractivity contribution in [3.8, 4) is 0 Å². The standard InChI is InChI=1S/C13H16N2O3/c16-12(14-11-6-2-1-3-7-11)10-5-4-8-15(9-10)13(17)18/h1-3,6-7,10H,4-5,8-9H2,(H,14,16)(H,17,18). The van der Waals surface area contributed by atoms with Crippen molar-refractivity contribution in [1.82, 2.24) is 4.90 Å². The number of carbonyl (C=O) groups excluding carboxylic acids is 1. The van der Waals surface area contributed by atoms with Gasteiger partial charge in [0.25, 0.3) is 0 Å². The van der Waals surface area contributed by atoms with Crippen LogP contribution in [0.5, 0.6) is 0 Å². The van der Waals surface area contributed by atoms with E-state index < -0.39 is 6.09 Å². The number of anilines is 1. The maximum Gasteiger partial charge on any atom is 0.407 e. The minimum atomic E-state index is -0.952. The van der Waals surface area contributed by atoms with Gasteiger partial charge in [0.05, 0.1) is 5.92 Å². The predicted molar refractivity (Wildman–Crippen MR) is 67.4 cm³/mol. The summed E-state index contributed by atoms with van der Waals surface area (Å²) in [7, 11) is 0. The van der Waals surface area contributed by atoms with Crippen LogP contribution >= 0.6 is 0 Å². The van der Waals surface area contributed by atoms with Crippen LogP contribution in [0.4, 0.5) is 10.5 Å². The van der Waals surface area contributed by atoms with Gasteiger partial charge in [-0.15, -0.1) is 0 Å². The number of carbonyl (C=O) groups is 2. The maximum absolute atomic E-state index is 12.0. The molecule has 18 heavy (non-hydrogen) atoms. The molecule has 96 valence electrons. The number of benzene rings is 1.